The van der Waals surface area contributed by atoms with Gasteiger partial charge in [0.2, 0.25) is 5.76 Å². The molecule has 1 atom stereocenters. The van der Waals surface area contributed by atoms with Crippen molar-refractivity contribution in [3.05, 3.63) is 35.0 Å². The zero-order valence-electron chi connectivity index (χ0n) is 14.8. The van der Waals surface area contributed by atoms with E-state index < -0.39 is 0 Å². The summed E-state index contributed by atoms with van der Waals surface area (Å²) in [7, 11) is 0. The van der Waals surface area contributed by atoms with Crippen LogP contribution in [0, 0.1) is 6.92 Å². The molecule has 1 saturated carbocycles. The molecule has 4 rings (SSSR count). The van der Waals surface area contributed by atoms with Gasteiger partial charge < -0.3 is 9.42 Å². The number of amides is 1. The van der Waals surface area contributed by atoms with Crippen LogP contribution in [0.5, 0.6) is 0 Å². The van der Waals surface area contributed by atoms with E-state index in [1.165, 1.54) is 24.8 Å². The van der Waals surface area contributed by atoms with E-state index in [0.29, 0.717) is 24.1 Å². The van der Waals surface area contributed by atoms with Gasteiger partial charge in [-0.3, -0.25) is 9.89 Å². The molecule has 6 heteroatoms. The van der Waals surface area contributed by atoms with Crippen LogP contribution in [0.25, 0.3) is 0 Å². The van der Waals surface area contributed by atoms with Crippen LogP contribution in [0.3, 0.4) is 0 Å². The Balaban J connectivity index is 1.45. The second-order valence-corrected chi connectivity index (χ2v) is 7.51. The molecule has 2 aromatic heterocycles. The summed E-state index contributed by atoms with van der Waals surface area (Å²) >= 11 is 0. The third kappa shape index (κ3) is 3.34. The fraction of sp³-hybridized carbons (Fsp3) is 0.632. The van der Waals surface area contributed by atoms with Gasteiger partial charge in [0.25, 0.3) is 5.91 Å². The molecule has 2 aliphatic rings. The first-order valence-electron chi connectivity index (χ1n) is 9.48. The summed E-state index contributed by atoms with van der Waals surface area (Å²) in [6.45, 7) is 3.55. The zero-order valence-corrected chi connectivity index (χ0v) is 14.8. The molecule has 0 bridgehead atoms. The van der Waals surface area contributed by atoms with Gasteiger partial charge in [-0.1, -0.05) is 24.4 Å². The number of H-pyrrole nitrogens is 1. The van der Waals surface area contributed by atoms with Gasteiger partial charge in [-0.05, 0) is 38.2 Å². The van der Waals surface area contributed by atoms with Crippen molar-refractivity contribution in [2.75, 3.05) is 13.1 Å². The Labute approximate surface area is 148 Å². The third-order valence-corrected chi connectivity index (χ3v) is 5.75. The van der Waals surface area contributed by atoms with Gasteiger partial charge in [-0.2, -0.15) is 5.10 Å². The Morgan fingerprint density at radius 3 is 2.76 bits per heavy atom. The lowest BCUT2D eigenvalue weighted by atomic mass is 9.87. The number of hydrogen-bond donors (Lipinski definition) is 1. The molecule has 0 radical (unpaired) electrons. The highest BCUT2D eigenvalue weighted by atomic mass is 16.5. The number of carbonyl (C=O) groups is 1. The maximum Gasteiger partial charge on any atom is 0.292 e. The standard InChI is InChI=1S/C19H26N4O2/c1-13-11-20-21-18(13)15-8-5-9-23(12-15)19(24)17-10-16(22-25-17)14-6-3-2-4-7-14/h10-11,14-15H,2-9,12H2,1H3,(H,20,21)/t15-/m1/s1. The molecule has 2 aromatic rings. The van der Waals surface area contributed by atoms with Crippen molar-refractivity contribution in [1.29, 1.82) is 0 Å². The van der Waals surface area contributed by atoms with Crippen molar-refractivity contribution in [1.82, 2.24) is 20.3 Å². The van der Waals surface area contributed by atoms with E-state index in [9.17, 15) is 4.79 Å². The van der Waals surface area contributed by atoms with Crippen molar-refractivity contribution in [2.24, 2.45) is 0 Å². The topological polar surface area (TPSA) is 75.0 Å². The fourth-order valence-corrected chi connectivity index (χ4v) is 4.30. The van der Waals surface area contributed by atoms with Gasteiger partial charge in [-0.15, -0.1) is 0 Å². The van der Waals surface area contributed by atoms with Crippen molar-refractivity contribution in [3.8, 4) is 0 Å². The van der Waals surface area contributed by atoms with Crippen molar-refractivity contribution in [2.45, 2.75) is 63.7 Å². The molecule has 25 heavy (non-hydrogen) atoms. The first kappa shape index (κ1) is 16.4. The summed E-state index contributed by atoms with van der Waals surface area (Å²) in [6, 6.07) is 1.88. The number of carbonyl (C=O) groups excluding carboxylic acids is 1. The average Bonchev–Trinajstić information content (AvgIpc) is 3.31. The van der Waals surface area contributed by atoms with Gasteiger partial charge in [0.05, 0.1) is 11.9 Å². The highest BCUT2D eigenvalue weighted by Crippen LogP contribution is 2.33. The normalized spacial score (nSPS) is 22.3. The molecule has 3 heterocycles. The first-order chi connectivity index (χ1) is 12.2. The van der Waals surface area contributed by atoms with Crippen LogP contribution in [0.15, 0.2) is 16.8 Å². The second kappa shape index (κ2) is 7.02. The van der Waals surface area contributed by atoms with E-state index in [1.807, 2.05) is 17.2 Å². The monoisotopic (exact) mass is 342 g/mol. The zero-order chi connectivity index (χ0) is 17.2. The van der Waals surface area contributed by atoms with Crippen LogP contribution < -0.4 is 0 Å². The van der Waals surface area contributed by atoms with Gasteiger partial charge in [0, 0.05) is 36.7 Å². The second-order valence-electron chi connectivity index (χ2n) is 7.51. The molecular weight excluding hydrogens is 316 g/mol. The van der Waals surface area contributed by atoms with Gasteiger partial charge >= 0.3 is 0 Å². The number of aryl methyl sites for hydroxylation is 1. The quantitative estimate of drug-likeness (QED) is 0.921. The Bertz CT molecular complexity index is 729. The van der Waals surface area contributed by atoms with E-state index in [-0.39, 0.29) is 5.91 Å². The molecule has 6 nitrogen and oxygen atoms in total. The van der Waals surface area contributed by atoms with E-state index in [2.05, 4.69) is 22.3 Å². The predicted octanol–water partition coefficient (Wildman–Crippen LogP) is 3.77. The number of hydrogen-bond acceptors (Lipinski definition) is 4. The summed E-state index contributed by atoms with van der Waals surface area (Å²) in [5, 5.41) is 11.4. The van der Waals surface area contributed by atoms with Crippen LogP contribution >= 0.6 is 0 Å². The number of likely N-dealkylation sites (tertiary alicyclic amines) is 1. The maximum absolute atomic E-state index is 12.9. The lowest BCUT2D eigenvalue weighted by Crippen LogP contribution is -2.39. The number of piperidine rings is 1. The summed E-state index contributed by atoms with van der Waals surface area (Å²) in [6.07, 6.45) is 10.0. The van der Waals surface area contributed by atoms with Crippen LogP contribution in [-0.2, 0) is 0 Å². The Hall–Kier alpha value is -2.11. The molecule has 1 N–H and O–H groups in total. The first-order valence-corrected chi connectivity index (χ1v) is 9.48. The molecule has 0 unspecified atom stereocenters. The van der Waals surface area contributed by atoms with Crippen molar-refractivity contribution < 1.29 is 9.32 Å². The van der Waals surface area contributed by atoms with Gasteiger partial charge in [0.15, 0.2) is 0 Å². The Morgan fingerprint density at radius 1 is 1.20 bits per heavy atom. The third-order valence-electron chi connectivity index (χ3n) is 5.75. The molecule has 1 amide bonds. The van der Waals surface area contributed by atoms with Gasteiger partial charge in [0.1, 0.15) is 0 Å². The molecule has 0 spiro atoms. The van der Waals surface area contributed by atoms with E-state index >= 15 is 0 Å². The Morgan fingerprint density at radius 2 is 2.00 bits per heavy atom. The summed E-state index contributed by atoms with van der Waals surface area (Å²) < 4.78 is 5.42. The maximum atomic E-state index is 12.9. The molecule has 0 aromatic carbocycles. The van der Waals surface area contributed by atoms with Crippen LogP contribution in [-0.4, -0.2) is 39.3 Å². The number of rotatable bonds is 3. The summed E-state index contributed by atoms with van der Waals surface area (Å²) in [5.74, 6) is 1.14. The highest BCUT2D eigenvalue weighted by molar-refractivity contribution is 5.91. The Kier molecular flexibility index (Phi) is 4.59. The number of aromatic amines is 1. The largest absolute Gasteiger partial charge is 0.351 e. The molecule has 1 saturated heterocycles. The molecule has 1 aliphatic heterocycles. The highest BCUT2D eigenvalue weighted by Gasteiger charge is 2.30. The van der Waals surface area contributed by atoms with Crippen molar-refractivity contribution >= 4 is 5.91 Å². The van der Waals surface area contributed by atoms with Gasteiger partial charge in [-0.25, -0.2) is 0 Å². The fourth-order valence-electron chi connectivity index (χ4n) is 4.30. The van der Waals surface area contributed by atoms with Crippen molar-refractivity contribution in [3.63, 3.8) is 0 Å². The number of nitrogens with one attached hydrogen (secondary N) is 1. The minimum atomic E-state index is -0.0311. The minimum absolute atomic E-state index is 0.0311. The lowest BCUT2D eigenvalue weighted by molar-refractivity contribution is 0.0663. The minimum Gasteiger partial charge on any atom is -0.351 e. The predicted molar refractivity (Wildman–Crippen MR) is 93.5 cm³/mol. The molecule has 2 fully saturated rings. The van der Waals surface area contributed by atoms with E-state index in [4.69, 9.17) is 4.52 Å². The van der Waals surface area contributed by atoms with Crippen LogP contribution in [0.1, 0.15) is 84.3 Å². The number of nitrogens with zero attached hydrogens (tertiary/aromatic N) is 3. The summed E-state index contributed by atoms with van der Waals surface area (Å²) in [5.41, 5.74) is 3.28. The lowest BCUT2D eigenvalue weighted by Gasteiger charge is -2.31. The molecule has 134 valence electrons. The van der Waals surface area contributed by atoms with Crippen LogP contribution in [0.4, 0.5) is 0 Å². The smallest absolute Gasteiger partial charge is 0.292 e. The molecular formula is C19H26N4O2. The SMILES string of the molecule is Cc1cn[nH]c1[C@@H]1CCCN(C(=O)c2cc(C3CCCCC3)no2)C1. The van der Waals surface area contributed by atoms with E-state index in [0.717, 1.165) is 43.6 Å². The summed E-state index contributed by atoms with van der Waals surface area (Å²) in [4.78, 5) is 14.8. The number of aromatic nitrogens is 3. The average molecular weight is 342 g/mol. The molecule has 1 aliphatic carbocycles. The van der Waals surface area contributed by atoms with E-state index in [1.54, 1.807) is 0 Å². The van der Waals surface area contributed by atoms with Crippen LogP contribution in [0.2, 0.25) is 0 Å².